The Labute approximate surface area is 625 Å². The molecule has 0 aliphatic heterocycles. The molecule has 0 atom stereocenters. The van der Waals surface area contributed by atoms with E-state index in [4.69, 9.17) is 78.1 Å². The molecule has 19 nitrogen and oxygen atoms in total. The minimum atomic E-state index is -0.0262. The van der Waals surface area contributed by atoms with Gasteiger partial charge in [-0.25, -0.2) is 60.1 Å². The van der Waals surface area contributed by atoms with Crippen molar-refractivity contribution in [3.8, 4) is 94.7 Å². The molecule has 0 aliphatic rings. The number of aromatic nitrogens is 5. The summed E-state index contributed by atoms with van der Waals surface area (Å²) in [4.78, 5) is 33.4. The summed E-state index contributed by atoms with van der Waals surface area (Å²) in [5.74, 6) is 5.18. The van der Waals surface area contributed by atoms with Gasteiger partial charge in [-0.1, -0.05) is 37.8 Å². The van der Waals surface area contributed by atoms with E-state index < -0.39 is 0 Å². The summed E-state index contributed by atoms with van der Waals surface area (Å²) in [6, 6.07) is 45.4. The maximum absolute atomic E-state index is 9.00. The number of benzene rings is 1. The molecule has 0 fully saturated rings. The molecule has 0 saturated heterocycles. The van der Waals surface area contributed by atoms with E-state index in [1.54, 1.807) is 108 Å². The Morgan fingerprint density at radius 1 is 0.438 bits per heavy atom. The lowest BCUT2D eigenvalue weighted by molar-refractivity contribution is 0.553. The Kier molecular flexibility index (Phi) is 23.6. The largest absolute Gasteiger partial charge is 0.457 e. The summed E-state index contributed by atoms with van der Waals surface area (Å²) in [5, 5.41) is 37.4. The van der Waals surface area contributed by atoms with E-state index in [2.05, 4.69) is 117 Å². The predicted molar refractivity (Wildman–Crippen MR) is 421 cm³/mol. The molecule has 24 heteroatoms. The number of thiazole rings is 2. The highest BCUT2D eigenvalue weighted by atomic mass is 32.1. The van der Waals surface area contributed by atoms with E-state index in [1.165, 1.54) is 29.6 Å². The van der Waals surface area contributed by atoms with Crippen molar-refractivity contribution in [1.82, 2.24) is 23.7 Å². The van der Waals surface area contributed by atoms with Crippen molar-refractivity contribution in [2.24, 2.45) is 0 Å². The molecule has 0 saturated carbocycles. The summed E-state index contributed by atoms with van der Waals surface area (Å²) >= 11 is 7.92. The van der Waals surface area contributed by atoms with Gasteiger partial charge in [-0.15, -0.1) is 56.7 Å². The highest BCUT2D eigenvalue weighted by Gasteiger charge is 2.24. The third-order valence-corrected chi connectivity index (χ3v) is 20.5. The van der Waals surface area contributed by atoms with E-state index in [-0.39, 0.29) is 42.3 Å². The Morgan fingerprint density at radius 3 is 1.42 bits per heavy atom. The number of thiophene rings is 3. The first-order chi connectivity index (χ1) is 50.5. The highest BCUT2D eigenvalue weighted by Crippen LogP contribution is 2.45. The van der Waals surface area contributed by atoms with Crippen LogP contribution < -0.4 is 0 Å². The van der Waals surface area contributed by atoms with Crippen molar-refractivity contribution >= 4 is 124 Å². The Morgan fingerprint density at radius 2 is 0.857 bits per heavy atom. The number of nitriles is 4. The van der Waals surface area contributed by atoms with Crippen LogP contribution in [0.3, 0.4) is 0 Å². The second-order valence-corrected chi connectivity index (χ2v) is 28.2. The lowest BCUT2D eigenvalue weighted by Crippen LogP contribution is -2.01. The Balaban J connectivity index is 0.000000168. The van der Waals surface area contributed by atoms with Crippen molar-refractivity contribution in [2.45, 2.75) is 61.1 Å². The molecule has 12 aromatic heterocycles. The fourth-order valence-corrected chi connectivity index (χ4v) is 15.7. The fourth-order valence-electron chi connectivity index (χ4n) is 10.7. The molecule has 1 aromatic carbocycles. The molecule has 0 bridgehead atoms. The van der Waals surface area contributed by atoms with Gasteiger partial charge in [-0.05, 0) is 187 Å². The molecular formula is C81H55N15O4S5. The lowest BCUT2D eigenvalue weighted by atomic mass is 10.2. The quantitative estimate of drug-likeness (QED) is 0.0477. The highest BCUT2D eigenvalue weighted by molar-refractivity contribution is 7.26. The Hall–Kier alpha value is -13.9. The second-order valence-electron chi connectivity index (χ2n) is 22.8. The van der Waals surface area contributed by atoms with Crippen LogP contribution in [-0.2, 0) is 0 Å². The number of hydrogen-bond acceptors (Lipinski definition) is 15. The van der Waals surface area contributed by atoms with E-state index in [1.807, 2.05) is 109 Å². The summed E-state index contributed by atoms with van der Waals surface area (Å²) in [6.45, 7) is 54.3. The van der Waals surface area contributed by atoms with Crippen LogP contribution in [0.25, 0.3) is 167 Å². The van der Waals surface area contributed by atoms with Crippen LogP contribution in [0.2, 0.25) is 0 Å². The average Bonchev–Trinajstić information content (AvgIpc) is 1.61. The number of rotatable bonds is 17. The average molecular weight is 1460 g/mol. The molecule has 0 spiro atoms. The minimum Gasteiger partial charge on any atom is -0.457 e. The van der Waals surface area contributed by atoms with Gasteiger partial charge in [0.1, 0.15) is 44.6 Å². The molecule has 508 valence electrons. The summed E-state index contributed by atoms with van der Waals surface area (Å²) in [7, 11) is 0. The fraction of sp³-hybridized carbons (Fsp3) is 0.111. The smallest absolute Gasteiger partial charge is 0.265 e. The maximum atomic E-state index is 9.00. The number of hydrogen-bond donors (Lipinski definition) is 0. The molecule has 0 aliphatic carbocycles. The normalized spacial score (nSPS) is 12.0. The molecule has 0 unspecified atom stereocenters. The third-order valence-electron chi connectivity index (χ3n) is 15.1. The van der Waals surface area contributed by atoms with E-state index in [0.717, 1.165) is 99.3 Å². The molecule has 13 rings (SSSR count). The Bertz CT molecular complexity index is 6120. The van der Waals surface area contributed by atoms with Crippen molar-refractivity contribution < 1.29 is 17.7 Å². The van der Waals surface area contributed by atoms with Crippen molar-refractivity contribution in [1.29, 1.82) is 21.0 Å². The van der Waals surface area contributed by atoms with Gasteiger partial charge < -0.3 is 31.4 Å². The summed E-state index contributed by atoms with van der Waals surface area (Å²) < 4.78 is 33.9. The number of fused-ring (bicyclic) bond motifs is 3. The zero-order valence-corrected chi connectivity index (χ0v) is 60.0. The molecule has 12 heterocycles. The maximum Gasteiger partial charge on any atom is 0.265 e. The van der Waals surface area contributed by atoms with Crippen LogP contribution in [-0.4, -0.2) is 23.7 Å². The van der Waals surface area contributed by atoms with Gasteiger partial charge in [0.25, 0.3) is 22.8 Å². The van der Waals surface area contributed by atoms with Gasteiger partial charge in [0.2, 0.25) is 0 Å². The SMILES string of the molecule is C.[C-]#[N+]/C(C#N)=C\C=C\c1ccc(-c2cc3sc(-c4ccc(/C=C/C=C(\C#N)[N+]#[C-])o4)cc3n2C(C)C)o1.[C-]#[N+]/C(C)=C\c1ccc(-c2cc3sc(-c4ccc(/C=C(\C#N)[N+]#[C-])o4)cc3n2-c2ccccc2)o1.[C-]#[N+]/C(C)=C\c1cnc(-c2cc3sc(-c4ncc(/C=C(\C#N)[N+]#[C-])s4)cc3n2C(C)C)s1. The summed E-state index contributed by atoms with van der Waals surface area (Å²) in [6.07, 6.45) is 19.7. The van der Waals surface area contributed by atoms with Crippen LogP contribution in [0.5, 0.6) is 0 Å². The van der Waals surface area contributed by atoms with Crippen LogP contribution in [0, 0.1) is 84.8 Å². The van der Waals surface area contributed by atoms with Gasteiger partial charge in [0.05, 0.1) is 126 Å². The van der Waals surface area contributed by atoms with Crippen molar-refractivity contribution in [2.75, 3.05) is 0 Å². The zero-order valence-electron chi connectivity index (χ0n) is 55.9. The topological polar surface area (TPSA) is 214 Å². The van der Waals surface area contributed by atoms with E-state index >= 15 is 0 Å². The van der Waals surface area contributed by atoms with Crippen LogP contribution in [0.1, 0.15) is 93.8 Å². The van der Waals surface area contributed by atoms with Gasteiger partial charge in [0.15, 0.2) is 22.9 Å². The predicted octanol–water partition coefficient (Wildman–Crippen LogP) is 25.0. The standard InChI is InChI=1S/C29H19N5O2S.C28H16N4O2S.C23H16N6S3.CH4/c1-19(2)34-24(26-13-11-22(35-26)9-5-7-20(17-30)32-3)15-28-25(34)16-29(37-28)27-14-12-23(36-27)10-6-8-21(18-31)33-4;1-18(30-2)13-21-9-11-25(33-21)23-15-27-24(32(23)20-7-5-4-6-8-20)16-28(35-27)26-12-10-22(34-26)14-19(17-29)31-3;1-13(2)29-18-8-21(23-28-12-17(31-23)7-15(10-24)26-5)32-20(18)9-19(29)22-27-11-16(30-22)6-14(3)25-4;/h5-16,19H,1-2H3;4-16H,1H3;6-9,11-13H,1-3H3;1H4/b9-5+,10-6+,20-7-,21-8+;18-13-,19-14+;14-6-,15-7+;. The lowest BCUT2D eigenvalue weighted by Gasteiger charge is -2.12. The van der Waals surface area contributed by atoms with E-state index in [0.29, 0.717) is 46.0 Å². The first-order valence-corrected chi connectivity index (χ1v) is 35.3. The van der Waals surface area contributed by atoms with Crippen molar-refractivity contribution in [3.63, 3.8) is 0 Å². The van der Waals surface area contributed by atoms with E-state index in [9.17, 15) is 0 Å². The van der Waals surface area contributed by atoms with Crippen molar-refractivity contribution in [3.05, 3.63) is 287 Å². The number of furan rings is 4. The first-order valence-electron chi connectivity index (χ1n) is 31.2. The molecule has 0 radical (unpaired) electrons. The zero-order chi connectivity index (χ0) is 73.6. The van der Waals surface area contributed by atoms with Crippen LogP contribution in [0.4, 0.5) is 0 Å². The van der Waals surface area contributed by atoms with Gasteiger partial charge in [0, 0.05) is 39.9 Å². The third kappa shape index (κ3) is 16.8. The number of allylic oxidation sites excluding steroid dienone is 10. The molecule has 0 amide bonds. The van der Waals surface area contributed by atoms with Gasteiger partial charge in [-0.3, -0.25) is 0 Å². The number of para-hydroxylation sites is 1. The summed E-state index contributed by atoms with van der Waals surface area (Å²) in [5.41, 5.74) is 8.38. The van der Waals surface area contributed by atoms with Gasteiger partial charge in [-0.2, -0.15) is 0 Å². The monoisotopic (exact) mass is 1460 g/mol. The number of nitrogens with zero attached hydrogens (tertiary/aromatic N) is 15. The molecular weight excluding hydrogens is 1410 g/mol. The first kappa shape index (κ1) is 73.8. The second kappa shape index (κ2) is 33.5. The van der Waals surface area contributed by atoms with Crippen LogP contribution in [0.15, 0.2) is 204 Å². The van der Waals surface area contributed by atoms with Gasteiger partial charge >= 0.3 is 0 Å². The minimum absolute atomic E-state index is 0. The molecule has 13 aromatic rings. The molecule has 105 heavy (non-hydrogen) atoms. The molecule has 0 N–H and O–H groups in total. The van der Waals surface area contributed by atoms with Crippen LogP contribution >= 0.6 is 56.7 Å².